The fourth-order valence-electron chi connectivity index (χ4n) is 1.89. The maximum Gasteiger partial charge on any atom is 0.142 e. The van der Waals surface area contributed by atoms with Crippen LogP contribution in [0.4, 0.5) is 10.1 Å². The molecule has 0 fully saturated rings. The van der Waals surface area contributed by atoms with Gasteiger partial charge in [-0.1, -0.05) is 17.7 Å². The van der Waals surface area contributed by atoms with E-state index in [0.717, 1.165) is 25.9 Å². The van der Waals surface area contributed by atoms with Crippen LogP contribution in [0.25, 0.3) is 0 Å². The molecule has 0 aromatic heterocycles. The largest absolute Gasteiger partial charge is 0.495 e. The van der Waals surface area contributed by atoms with E-state index in [-0.39, 0.29) is 11.1 Å². The molecule has 0 aliphatic heterocycles. The van der Waals surface area contributed by atoms with E-state index < -0.39 is 5.82 Å². The van der Waals surface area contributed by atoms with Gasteiger partial charge in [0.15, 0.2) is 0 Å². The van der Waals surface area contributed by atoms with Crippen LogP contribution in [0.1, 0.15) is 18.5 Å². The summed E-state index contributed by atoms with van der Waals surface area (Å²) in [4.78, 5) is 0. The molecule has 0 saturated carbocycles. The summed E-state index contributed by atoms with van der Waals surface area (Å²) in [6.07, 6.45) is 0. The van der Waals surface area contributed by atoms with Crippen LogP contribution >= 0.6 is 43.5 Å². The second-order valence-corrected chi connectivity index (χ2v) is 6.62. The van der Waals surface area contributed by atoms with Crippen LogP contribution in [0, 0.1) is 5.82 Å². The molecule has 6 heteroatoms. The Labute approximate surface area is 144 Å². The fourth-order valence-corrected chi connectivity index (χ4v) is 3.28. The summed E-state index contributed by atoms with van der Waals surface area (Å²) in [5.41, 5.74) is 1.67. The van der Waals surface area contributed by atoms with Crippen molar-refractivity contribution < 1.29 is 9.13 Å². The van der Waals surface area contributed by atoms with E-state index in [9.17, 15) is 4.39 Å². The highest BCUT2D eigenvalue weighted by Crippen LogP contribution is 2.36. The molecule has 0 aliphatic rings. The van der Waals surface area contributed by atoms with Crippen molar-refractivity contribution in [3.63, 3.8) is 0 Å². The zero-order valence-corrected chi connectivity index (χ0v) is 15.3. The SMILES string of the molecule is COc1cc(NC(C)c2ccc(Cl)c(F)c2)c(Br)cc1Br. The van der Waals surface area contributed by atoms with Crippen LogP contribution < -0.4 is 10.1 Å². The van der Waals surface area contributed by atoms with Crippen molar-refractivity contribution in [1.82, 2.24) is 0 Å². The molecule has 2 rings (SSSR count). The Hall–Kier alpha value is -0.780. The molecule has 2 aromatic carbocycles. The molecule has 0 amide bonds. The Kier molecular flexibility index (Phi) is 5.52. The highest BCUT2D eigenvalue weighted by atomic mass is 79.9. The summed E-state index contributed by atoms with van der Waals surface area (Å²) in [6, 6.07) is 8.48. The van der Waals surface area contributed by atoms with Gasteiger partial charge in [0.1, 0.15) is 11.6 Å². The zero-order valence-electron chi connectivity index (χ0n) is 11.4. The molecule has 0 aliphatic carbocycles. The predicted octanol–water partition coefficient (Wildman–Crippen LogP) is 6.19. The minimum atomic E-state index is -0.421. The minimum absolute atomic E-state index is 0.0843. The predicted molar refractivity (Wildman–Crippen MR) is 91.8 cm³/mol. The van der Waals surface area contributed by atoms with Crippen LogP contribution in [0.2, 0.25) is 5.02 Å². The summed E-state index contributed by atoms with van der Waals surface area (Å²) < 4.78 is 20.6. The van der Waals surface area contributed by atoms with Crippen molar-refractivity contribution in [3.05, 3.63) is 55.7 Å². The third-order valence-corrected chi connectivity index (χ3v) is 4.64. The molecule has 1 N–H and O–H groups in total. The van der Waals surface area contributed by atoms with Crippen molar-refractivity contribution >= 4 is 49.1 Å². The van der Waals surface area contributed by atoms with Crippen molar-refractivity contribution in [2.75, 3.05) is 12.4 Å². The Bertz CT molecular complexity index is 666. The maximum absolute atomic E-state index is 13.5. The highest BCUT2D eigenvalue weighted by Gasteiger charge is 2.12. The van der Waals surface area contributed by atoms with Gasteiger partial charge in [-0.2, -0.15) is 0 Å². The second kappa shape index (κ2) is 6.99. The first-order chi connectivity index (χ1) is 9.92. The Morgan fingerprint density at radius 3 is 2.52 bits per heavy atom. The Morgan fingerprint density at radius 2 is 1.90 bits per heavy atom. The van der Waals surface area contributed by atoms with Gasteiger partial charge in [-0.25, -0.2) is 4.39 Å². The van der Waals surface area contributed by atoms with Crippen LogP contribution in [0.15, 0.2) is 39.3 Å². The first-order valence-corrected chi connectivity index (χ1v) is 8.13. The van der Waals surface area contributed by atoms with Gasteiger partial charge in [-0.15, -0.1) is 0 Å². The summed E-state index contributed by atoms with van der Waals surface area (Å²) in [7, 11) is 1.61. The lowest BCUT2D eigenvalue weighted by molar-refractivity contribution is 0.412. The Balaban J connectivity index is 2.26. The van der Waals surface area contributed by atoms with Gasteiger partial charge in [-0.05, 0) is 62.5 Å². The smallest absolute Gasteiger partial charge is 0.142 e. The third kappa shape index (κ3) is 3.90. The maximum atomic E-state index is 13.5. The second-order valence-electron chi connectivity index (χ2n) is 4.51. The number of hydrogen-bond acceptors (Lipinski definition) is 2. The first kappa shape index (κ1) is 16.6. The molecular weight excluding hydrogens is 424 g/mol. The molecule has 0 heterocycles. The third-order valence-electron chi connectivity index (χ3n) is 3.06. The number of hydrogen-bond donors (Lipinski definition) is 1. The van der Waals surface area contributed by atoms with E-state index in [1.54, 1.807) is 19.2 Å². The van der Waals surface area contributed by atoms with E-state index in [4.69, 9.17) is 16.3 Å². The van der Waals surface area contributed by atoms with Gasteiger partial charge >= 0.3 is 0 Å². The van der Waals surface area contributed by atoms with E-state index in [1.165, 1.54) is 6.07 Å². The molecule has 2 aromatic rings. The first-order valence-electron chi connectivity index (χ1n) is 6.17. The number of halogens is 4. The van der Waals surface area contributed by atoms with Crippen molar-refractivity contribution in [2.45, 2.75) is 13.0 Å². The van der Waals surface area contributed by atoms with E-state index in [0.29, 0.717) is 0 Å². The van der Waals surface area contributed by atoms with Crippen LogP contribution in [-0.4, -0.2) is 7.11 Å². The van der Waals surface area contributed by atoms with Gasteiger partial charge in [0, 0.05) is 16.6 Å². The van der Waals surface area contributed by atoms with Gasteiger partial charge in [0.2, 0.25) is 0 Å². The van der Waals surface area contributed by atoms with Crippen LogP contribution in [0.5, 0.6) is 5.75 Å². The molecular formula is C15H13Br2ClFNO. The molecule has 1 unspecified atom stereocenters. The molecule has 1 atom stereocenters. The topological polar surface area (TPSA) is 21.3 Å². The molecule has 112 valence electrons. The average molecular weight is 438 g/mol. The summed E-state index contributed by atoms with van der Waals surface area (Å²) >= 11 is 12.6. The van der Waals surface area contributed by atoms with Crippen LogP contribution in [0.3, 0.4) is 0 Å². The molecule has 2 nitrogen and oxygen atoms in total. The number of nitrogens with one attached hydrogen (secondary N) is 1. The molecule has 0 radical (unpaired) electrons. The molecule has 0 saturated heterocycles. The van der Waals surface area contributed by atoms with Gasteiger partial charge in [0.25, 0.3) is 0 Å². The van der Waals surface area contributed by atoms with Crippen molar-refractivity contribution in [1.29, 1.82) is 0 Å². The number of ether oxygens (including phenoxy) is 1. The van der Waals surface area contributed by atoms with Crippen molar-refractivity contribution in [3.8, 4) is 5.75 Å². The summed E-state index contributed by atoms with van der Waals surface area (Å²) in [5, 5.41) is 3.44. The normalized spacial score (nSPS) is 12.1. The zero-order chi connectivity index (χ0) is 15.6. The molecule has 0 spiro atoms. The van der Waals surface area contributed by atoms with Gasteiger partial charge < -0.3 is 10.1 Å². The summed E-state index contributed by atoms with van der Waals surface area (Å²) in [5.74, 6) is 0.297. The molecule has 0 bridgehead atoms. The highest BCUT2D eigenvalue weighted by molar-refractivity contribution is 9.11. The van der Waals surface area contributed by atoms with E-state index in [1.807, 2.05) is 19.1 Å². The van der Waals surface area contributed by atoms with Crippen LogP contribution in [-0.2, 0) is 0 Å². The van der Waals surface area contributed by atoms with E-state index in [2.05, 4.69) is 37.2 Å². The minimum Gasteiger partial charge on any atom is -0.495 e. The lowest BCUT2D eigenvalue weighted by Gasteiger charge is -2.18. The fraction of sp³-hybridized carbons (Fsp3) is 0.200. The number of rotatable bonds is 4. The lowest BCUT2D eigenvalue weighted by atomic mass is 10.1. The number of methoxy groups -OCH3 is 1. The lowest BCUT2D eigenvalue weighted by Crippen LogP contribution is -2.07. The van der Waals surface area contributed by atoms with E-state index >= 15 is 0 Å². The van der Waals surface area contributed by atoms with Crippen molar-refractivity contribution in [2.24, 2.45) is 0 Å². The quantitative estimate of drug-likeness (QED) is 0.616. The number of anilines is 1. The van der Waals surface area contributed by atoms with Gasteiger partial charge in [-0.3, -0.25) is 0 Å². The van der Waals surface area contributed by atoms with Gasteiger partial charge in [0.05, 0.1) is 22.3 Å². The standard InChI is InChI=1S/C15H13Br2ClFNO/c1-8(9-3-4-12(18)13(19)5-9)20-14-7-15(21-2)11(17)6-10(14)16/h3-8,20H,1-2H3. The average Bonchev–Trinajstić information content (AvgIpc) is 2.44. The monoisotopic (exact) mass is 435 g/mol. The number of benzene rings is 2. The Morgan fingerprint density at radius 1 is 1.19 bits per heavy atom. The summed E-state index contributed by atoms with van der Waals surface area (Å²) in [6.45, 7) is 1.95. The molecule has 21 heavy (non-hydrogen) atoms.